The van der Waals surface area contributed by atoms with Gasteiger partial charge in [0.25, 0.3) is 0 Å². The van der Waals surface area contributed by atoms with Crippen LogP contribution in [0.4, 0.5) is 0 Å². The highest BCUT2D eigenvalue weighted by Crippen LogP contribution is 2.00. The quantitative estimate of drug-likeness (QED) is 0.764. The molecule has 1 rings (SSSR count). The summed E-state index contributed by atoms with van der Waals surface area (Å²) in [5.41, 5.74) is 1.38. The van der Waals surface area contributed by atoms with Gasteiger partial charge in [-0.2, -0.15) is 5.10 Å². The number of halogens is 2. The van der Waals surface area contributed by atoms with Crippen LogP contribution in [0.1, 0.15) is 6.42 Å². The molecule has 0 saturated carbocycles. The van der Waals surface area contributed by atoms with Crippen molar-refractivity contribution in [3.8, 4) is 0 Å². The molecule has 1 N–H and O–H groups in total. The van der Waals surface area contributed by atoms with E-state index in [2.05, 4.69) is 10.4 Å². The summed E-state index contributed by atoms with van der Waals surface area (Å²) in [6.07, 6.45) is 4.75. The van der Waals surface area contributed by atoms with Crippen LogP contribution in [0.15, 0.2) is 29.0 Å². The highest BCUT2D eigenvalue weighted by atomic mass is 35.5. The number of hydrogen-bond donors (Lipinski definition) is 1. The lowest BCUT2D eigenvalue weighted by molar-refractivity contribution is 0.554. The van der Waals surface area contributed by atoms with E-state index in [1.54, 1.807) is 6.20 Å². The molecule has 0 saturated heterocycles. The fraction of sp³-hybridized carbons (Fsp3) is 0.444. The maximum atomic E-state index is 5.69. The highest BCUT2D eigenvalue weighted by Gasteiger charge is 1.92. The second-order valence-electron chi connectivity index (χ2n) is 2.86. The van der Waals surface area contributed by atoms with Crippen LogP contribution in [0.5, 0.6) is 0 Å². The Morgan fingerprint density at radius 2 is 2.43 bits per heavy atom. The average Bonchev–Trinajstić information content (AvgIpc) is 2.69. The predicted molar refractivity (Wildman–Crippen MR) is 59.5 cm³/mol. The van der Waals surface area contributed by atoms with Gasteiger partial charge in [0.05, 0.1) is 0 Å². The number of nitrogens with one attached hydrogen (secondary N) is 1. The molecule has 0 amide bonds. The monoisotopic (exact) mass is 233 g/mol. The molecule has 0 fully saturated rings. The van der Waals surface area contributed by atoms with Crippen LogP contribution in [0.3, 0.4) is 0 Å². The lowest BCUT2D eigenvalue weighted by Crippen LogP contribution is -2.18. The van der Waals surface area contributed by atoms with E-state index in [1.807, 2.05) is 16.9 Å². The van der Waals surface area contributed by atoms with E-state index in [4.69, 9.17) is 23.2 Å². The summed E-state index contributed by atoms with van der Waals surface area (Å²) in [5.74, 6) is 0. The van der Waals surface area contributed by atoms with Gasteiger partial charge in [0, 0.05) is 36.1 Å². The SMILES string of the molecule is Cl/C=C(/Cl)CNCCCn1cccn1. The van der Waals surface area contributed by atoms with Crippen molar-refractivity contribution in [2.75, 3.05) is 13.1 Å². The summed E-state index contributed by atoms with van der Waals surface area (Å²) in [6, 6.07) is 1.92. The lowest BCUT2D eigenvalue weighted by atomic mass is 10.4. The van der Waals surface area contributed by atoms with Gasteiger partial charge < -0.3 is 5.32 Å². The van der Waals surface area contributed by atoms with Crippen LogP contribution in [0, 0.1) is 0 Å². The minimum absolute atomic E-state index is 0.629. The first-order valence-electron chi connectivity index (χ1n) is 4.46. The van der Waals surface area contributed by atoms with Crippen molar-refractivity contribution in [1.82, 2.24) is 15.1 Å². The number of hydrogen-bond acceptors (Lipinski definition) is 2. The number of nitrogens with zero attached hydrogens (tertiary/aromatic N) is 2. The van der Waals surface area contributed by atoms with Crippen molar-refractivity contribution >= 4 is 23.2 Å². The lowest BCUT2D eigenvalue weighted by Gasteiger charge is -2.03. The molecule has 0 aliphatic rings. The molecule has 0 radical (unpaired) electrons. The first-order valence-corrected chi connectivity index (χ1v) is 5.27. The first kappa shape index (κ1) is 11.6. The van der Waals surface area contributed by atoms with Crippen LogP contribution in [0.2, 0.25) is 0 Å². The minimum Gasteiger partial charge on any atom is -0.312 e. The molecule has 5 heteroatoms. The van der Waals surface area contributed by atoms with Crippen LogP contribution in [-0.2, 0) is 6.54 Å². The molecule has 0 aromatic carbocycles. The summed E-state index contributed by atoms with van der Waals surface area (Å²) in [5, 5.41) is 7.90. The zero-order chi connectivity index (χ0) is 10.2. The van der Waals surface area contributed by atoms with Gasteiger partial charge in [0.15, 0.2) is 0 Å². The van der Waals surface area contributed by atoms with E-state index in [0.717, 1.165) is 19.5 Å². The zero-order valence-electron chi connectivity index (χ0n) is 7.79. The number of aromatic nitrogens is 2. The molecule has 0 aliphatic carbocycles. The molecule has 0 spiro atoms. The van der Waals surface area contributed by atoms with Gasteiger partial charge in [-0.3, -0.25) is 4.68 Å². The van der Waals surface area contributed by atoms with Crippen molar-refractivity contribution in [3.63, 3.8) is 0 Å². The Hall–Kier alpha value is -0.510. The van der Waals surface area contributed by atoms with E-state index in [0.29, 0.717) is 11.6 Å². The molecular weight excluding hydrogens is 221 g/mol. The van der Waals surface area contributed by atoms with Gasteiger partial charge in [0.2, 0.25) is 0 Å². The first-order chi connectivity index (χ1) is 6.83. The Balaban J connectivity index is 2.00. The summed E-state index contributed by atoms with van der Waals surface area (Å²) < 4.78 is 1.90. The molecule has 0 bridgehead atoms. The van der Waals surface area contributed by atoms with Crippen LogP contribution >= 0.6 is 23.2 Å². The largest absolute Gasteiger partial charge is 0.312 e. The van der Waals surface area contributed by atoms with E-state index >= 15 is 0 Å². The fourth-order valence-electron chi connectivity index (χ4n) is 1.05. The Kier molecular flexibility index (Phi) is 5.68. The van der Waals surface area contributed by atoms with Gasteiger partial charge in [-0.1, -0.05) is 23.2 Å². The Morgan fingerprint density at radius 1 is 1.57 bits per heavy atom. The molecule has 1 aromatic rings. The number of rotatable bonds is 6. The Bertz CT molecular complexity index is 270. The Morgan fingerprint density at radius 3 is 3.07 bits per heavy atom. The molecule has 14 heavy (non-hydrogen) atoms. The molecular formula is C9H13Cl2N3. The summed E-state index contributed by atoms with van der Waals surface area (Å²) in [4.78, 5) is 0. The molecule has 78 valence electrons. The molecule has 1 aromatic heterocycles. The normalized spacial score (nSPS) is 12.0. The average molecular weight is 234 g/mol. The van der Waals surface area contributed by atoms with Crippen molar-refractivity contribution in [2.45, 2.75) is 13.0 Å². The second kappa shape index (κ2) is 6.87. The third-order valence-corrected chi connectivity index (χ3v) is 2.33. The van der Waals surface area contributed by atoms with E-state index in [1.165, 1.54) is 5.54 Å². The smallest absolute Gasteiger partial charge is 0.0489 e. The van der Waals surface area contributed by atoms with Crippen LogP contribution in [0.25, 0.3) is 0 Å². The van der Waals surface area contributed by atoms with Gasteiger partial charge >= 0.3 is 0 Å². The van der Waals surface area contributed by atoms with Gasteiger partial charge in [-0.05, 0) is 19.0 Å². The fourth-order valence-corrected chi connectivity index (χ4v) is 1.22. The maximum Gasteiger partial charge on any atom is 0.0489 e. The summed E-state index contributed by atoms with van der Waals surface area (Å²) >= 11 is 11.1. The molecule has 0 aliphatic heterocycles. The van der Waals surface area contributed by atoms with Crippen LogP contribution in [-0.4, -0.2) is 22.9 Å². The predicted octanol–water partition coefficient (Wildman–Crippen LogP) is 2.18. The minimum atomic E-state index is 0.629. The Labute approximate surface area is 93.7 Å². The molecule has 0 unspecified atom stereocenters. The number of aryl methyl sites for hydroxylation is 1. The molecule has 0 atom stereocenters. The topological polar surface area (TPSA) is 29.9 Å². The van der Waals surface area contributed by atoms with Crippen molar-refractivity contribution < 1.29 is 0 Å². The van der Waals surface area contributed by atoms with Gasteiger partial charge in [-0.25, -0.2) is 0 Å². The molecule has 1 heterocycles. The molecule has 3 nitrogen and oxygen atoms in total. The van der Waals surface area contributed by atoms with Crippen molar-refractivity contribution in [2.24, 2.45) is 0 Å². The van der Waals surface area contributed by atoms with Crippen molar-refractivity contribution in [1.29, 1.82) is 0 Å². The highest BCUT2D eigenvalue weighted by molar-refractivity contribution is 6.36. The third-order valence-electron chi connectivity index (χ3n) is 1.71. The van der Waals surface area contributed by atoms with Gasteiger partial charge in [0.1, 0.15) is 0 Å². The van der Waals surface area contributed by atoms with E-state index in [9.17, 15) is 0 Å². The maximum absolute atomic E-state index is 5.69. The summed E-state index contributed by atoms with van der Waals surface area (Å²) in [7, 11) is 0. The third kappa shape index (κ3) is 4.65. The summed E-state index contributed by atoms with van der Waals surface area (Å²) in [6.45, 7) is 2.45. The second-order valence-corrected chi connectivity index (χ2v) is 3.56. The standard InChI is InChI=1S/C9H13Cl2N3/c10-7-9(11)8-12-3-1-5-14-6-2-4-13-14/h2,4,6-7,12H,1,3,5,8H2/b9-7+. The van der Waals surface area contributed by atoms with Crippen molar-refractivity contribution in [3.05, 3.63) is 29.0 Å². The van der Waals surface area contributed by atoms with E-state index in [-0.39, 0.29) is 0 Å². The van der Waals surface area contributed by atoms with Gasteiger partial charge in [-0.15, -0.1) is 0 Å². The zero-order valence-corrected chi connectivity index (χ0v) is 9.30. The van der Waals surface area contributed by atoms with Crippen LogP contribution < -0.4 is 5.32 Å². The van der Waals surface area contributed by atoms with E-state index < -0.39 is 0 Å².